The standard InChI is InChI=1S/C12H14ClN3O/c1-3-16(7-10-5-4-6-17-10)12-9(2)11(13)14-8-15-12/h4-6,8H,3,7H2,1-2H3. The van der Waals surface area contributed by atoms with Crippen LogP contribution in [-0.2, 0) is 6.54 Å². The number of hydrogen-bond donors (Lipinski definition) is 0. The van der Waals surface area contributed by atoms with E-state index in [0.717, 1.165) is 23.7 Å². The van der Waals surface area contributed by atoms with Crippen LogP contribution in [0.15, 0.2) is 29.1 Å². The molecule has 0 fully saturated rings. The number of anilines is 1. The molecule has 2 aromatic rings. The second-order valence-corrected chi connectivity index (χ2v) is 4.06. The summed E-state index contributed by atoms with van der Waals surface area (Å²) in [5.74, 6) is 1.75. The van der Waals surface area contributed by atoms with Gasteiger partial charge in [-0.2, -0.15) is 0 Å². The summed E-state index contributed by atoms with van der Waals surface area (Å²) in [7, 11) is 0. The third-order valence-corrected chi connectivity index (χ3v) is 2.99. The van der Waals surface area contributed by atoms with Crippen LogP contribution in [0.1, 0.15) is 18.2 Å². The minimum Gasteiger partial charge on any atom is -0.467 e. The smallest absolute Gasteiger partial charge is 0.137 e. The highest BCUT2D eigenvalue weighted by atomic mass is 35.5. The van der Waals surface area contributed by atoms with Crippen molar-refractivity contribution in [1.29, 1.82) is 0 Å². The van der Waals surface area contributed by atoms with Gasteiger partial charge >= 0.3 is 0 Å². The van der Waals surface area contributed by atoms with Crippen molar-refractivity contribution in [3.05, 3.63) is 41.2 Å². The first-order valence-corrected chi connectivity index (χ1v) is 5.84. The molecule has 0 aromatic carbocycles. The predicted molar refractivity (Wildman–Crippen MR) is 67.2 cm³/mol. The predicted octanol–water partition coefficient (Wildman–Crippen LogP) is 3.06. The van der Waals surface area contributed by atoms with Gasteiger partial charge in [-0.25, -0.2) is 9.97 Å². The fraction of sp³-hybridized carbons (Fsp3) is 0.333. The van der Waals surface area contributed by atoms with Gasteiger partial charge in [-0.3, -0.25) is 0 Å². The van der Waals surface area contributed by atoms with Gasteiger partial charge in [-0.1, -0.05) is 11.6 Å². The van der Waals surface area contributed by atoms with Gasteiger partial charge in [0.15, 0.2) is 0 Å². The highest BCUT2D eigenvalue weighted by Gasteiger charge is 2.13. The van der Waals surface area contributed by atoms with E-state index in [-0.39, 0.29) is 0 Å². The third kappa shape index (κ3) is 2.58. The Morgan fingerprint density at radius 3 is 2.88 bits per heavy atom. The van der Waals surface area contributed by atoms with Crippen LogP contribution >= 0.6 is 11.6 Å². The molecule has 2 aromatic heterocycles. The van der Waals surface area contributed by atoms with Crippen LogP contribution in [0.3, 0.4) is 0 Å². The van der Waals surface area contributed by atoms with Gasteiger partial charge in [-0.15, -0.1) is 0 Å². The van der Waals surface area contributed by atoms with Crippen molar-refractivity contribution in [2.45, 2.75) is 20.4 Å². The van der Waals surface area contributed by atoms with Crippen LogP contribution in [0, 0.1) is 6.92 Å². The lowest BCUT2D eigenvalue weighted by Crippen LogP contribution is -2.24. The summed E-state index contributed by atoms with van der Waals surface area (Å²) >= 11 is 6.00. The second-order valence-electron chi connectivity index (χ2n) is 3.71. The lowest BCUT2D eigenvalue weighted by atomic mass is 10.3. The van der Waals surface area contributed by atoms with Crippen molar-refractivity contribution in [3.63, 3.8) is 0 Å². The summed E-state index contributed by atoms with van der Waals surface area (Å²) in [4.78, 5) is 10.3. The van der Waals surface area contributed by atoms with Crippen molar-refractivity contribution in [1.82, 2.24) is 9.97 Å². The molecule has 2 rings (SSSR count). The van der Waals surface area contributed by atoms with Crippen LogP contribution < -0.4 is 4.90 Å². The van der Waals surface area contributed by atoms with Gasteiger partial charge in [0.05, 0.1) is 12.8 Å². The average molecular weight is 252 g/mol. The van der Waals surface area contributed by atoms with Gasteiger partial charge in [0.1, 0.15) is 23.1 Å². The fourth-order valence-corrected chi connectivity index (χ4v) is 1.79. The molecule has 90 valence electrons. The molecule has 0 amide bonds. The van der Waals surface area contributed by atoms with Crippen LogP contribution in [-0.4, -0.2) is 16.5 Å². The summed E-state index contributed by atoms with van der Waals surface area (Å²) in [6.07, 6.45) is 3.15. The molecule has 0 bridgehead atoms. The van der Waals surface area contributed by atoms with E-state index in [1.807, 2.05) is 19.1 Å². The number of furan rings is 1. The first kappa shape index (κ1) is 11.9. The SMILES string of the molecule is CCN(Cc1ccco1)c1ncnc(Cl)c1C. The van der Waals surface area contributed by atoms with E-state index in [1.165, 1.54) is 6.33 Å². The first-order valence-electron chi connectivity index (χ1n) is 5.46. The van der Waals surface area contributed by atoms with E-state index in [1.54, 1.807) is 6.26 Å². The largest absolute Gasteiger partial charge is 0.467 e. The Labute approximate surface area is 105 Å². The zero-order chi connectivity index (χ0) is 12.3. The van der Waals surface area contributed by atoms with Crippen molar-refractivity contribution in [3.8, 4) is 0 Å². The Bertz CT molecular complexity index is 485. The van der Waals surface area contributed by atoms with Gasteiger partial charge in [0.25, 0.3) is 0 Å². The molecule has 0 atom stereocenters. The first-order chi connectivity index (χ1) is 8.22. The molecular weight excluding hydrogens is 238 g/mol. The second kappa shape index (κ2) is 5.19. The summed E-state index contributed by atoms with van der Waals surface area (Å²) in [5, 5.41) is 0.493. The lowest BCUT2D eigenvalue weighted by Gasteiger charge is -2.22. The van der Waals surface area contributed by atoms with E-state index in [9.17, 15) is 0 Å². The maximum absolute atomic E-state index is 6.00. The van der Waals surface area contributed by atoms with E-state index >= 15 is 0 Å². The van der Waals surface area contributed by atoms with E-state index in [4.69, 9.17) is 16.0 Å². The summed E-state index contributed by atoms with van der Waals surface area (Å²) in [5.41, 5.74) is 0.891. The van der Waals surface area contributed by atoms with Crippen LogP contribution in [0.5, 0.6) is 0 Å². The summed E-state index contributed by atoms with van der Waals surface area (Å²) < 4.78 is 5.34. The van der Waals surface area contributed by atoms with Crippen molar-refractivity contribution in [2.75, 3.05) is 11.4 Å². The fourth-order valence-electron chi connectivity index (χ4n) is 1.67. The molecule has 2 heterocycles. The number of aromatic nitrogens is 2. The minimum atomic E-state index is 0.493. The lowest BCUT2D eigenvalue weighted by molar-refractivity contribution is 0.502. The van der Waals surface area contributed by atoms with Gasteiger partial charge in [0, 0.05) is 12.1 Å². The Morgan fingerprint density at radius 2 is 2.24 bits per heavy atom. The molecule has 0 aliphatic rings. The third-order valence-electron chi connectivity index (χ3n) is 2.60. The van der Waals surface area contributed by atoms with E-state index in [2.05, 4.69) is 21.8 Å². The normalized spacial score (nSPS) is 10.5. The zero-order valence-electron chi connectivity index (χ0n) is 9.85. The highest BCUT2D eigenvalue weighted by Crippen LogP contribution is 2.23. The average Bonchev–Trinajstić information content (AvgIpc) is 2.83. The molecule has 0 aliphatic carbocycles. The maximum atomic E-state index is 6.00. The molecule has 5 heteroatoms. The minimum absolute atomic E-state index is 0.493. The van der Waals surface area contributed by atoms with E-state index < -0.39 is 0 Å². The molecule has 0 N–H and O–H groups in total. The number of hydrogen-bond acceptors (Lipinski definition) is 4. The zero-order valence-corrected chi connectivity index (χ0v) is 10.6. The molecule has 0 saturated carbocycles. The summed E-state index contributed by atoms with van der Waals surface area (Å²) in [6, 6.07) is 3.82. The molecule has 0 unspecified atom stereocenters. The summed E-state index contributed by atoms with van der Waals surface area (Å²) in [6.45, 7) is 5.49. The number of nitrogens with zero attached hydrogens (tertiary/aromatic N) is 3. The highest BCUT2D eigenvalue weighted by molar-refractivity contribution is 6.30. The van der Waals surface area contributed by atoms with Crippen molar-refractivity contribution < 1.29 is 4.42 Å². The quantitative estimate of drug-likeness (QED) is 0.784. The van der Waals surface area contributed by atoms with Crippen molar-refractivity contribution >= 4 is 17.4 Å². The number of rotatable bonds is 4. The van der Waals surface area contributed by atoms with Gasteiger partial charge in [0.2, 0.25) is 0 Å². The molecule has 4 nitrogen and oxygen atoms in total. The molecule has 0 aliphatic heterocycles. The monoisotopic (exact) mass is 251 g/mol. The molecular formula is C12H14ClN3O. The van der Waals surface area contributed by atoms with Crippen LogP contribution in [0.2, 0.25) is 5.15 Å². The van der Waals surface area contributed by atoms with Crippen molar-refractivity contribution in [2.24, 2.45) is 0 Å². The molecule has 0 radical (unpaired) electrons. The van der Waals surface area contributed by atoms with Gasteiger partial charge in [-0.05, 0) is 26.0 Å². The molecule has 17 heavy (non-hydrogen) atoms. The van der Waals surface area contributed by atoms with E-state index in [0.29, 0.717) is 11.7 Å². The maximum Gasteiger partial charge on any atom is 0.137 e. The van der Waals surface area contributed by atoms with Crippen LogP contribution in [0.4, 0.5) is 5.82 Å². The Morgan fingerprint density at radius 1 is 1.41 bits per heavy atom. The molecule has 0 spiro atoms. The Balaban J connectivity index is 2.26. The Kier molecular flexibility index (Phi) is 3.64. The Hall–Kier alpha value is -1.55. The molecule has 0 saturated heterocycles. The van der Waals surface area contributed by atoms with Gasteiger partial charge < -0.3 is 9.32 Å². The topological polar surface area (TPSA) is 42.2 Å². The van der Waals surface area contributed by atoms with Crippen LogP contribution in [0.25, 0.3) is 0 Å². The number of halogens is 1.